The van der Waals surface area contributed by atoms with Gasteiger partial charge in [-0.1, -0.05) is 19.1 Å². The monoisotopic (exact) mass is 418 g/mol. The molecule has 0 saturated heterocycles. The maximum Gasteiger partial charge on any atom is 0.427 e. The van der Waals surface area contributed by atoms with Crippen LogP contribution in [-0.2, 0) is 6.42 Å². The molecule has 0 fully saturated rings. The number of fused-ring (bicyclic) bond motifs is 1. The lowest BCUT2D eigenvalue weighted by molar-refractivity contribution is -0.187. The molecule has 1 aromatic carbocycles. The summed E-state index contributed by atoms with van der Waals surface area (Å²) in [5, 5.41) is 0.722. The number of rotatable bonds is 8. The molecule has 0 saturated carbocycles. The molecule has 0 amide bonds. The minimum atomic E-state index is -3.95. The second kappa shape index (κ2) is 8.21. The minimum absolute atomic E-state index is 0.0875. The molecule has 150 valence electrons. The highest BCUT2D eigenvalue weighted by Crippen LogP contribution is 2.31. The Morgan fingerprint density at radius 2 is 2.11 bits per heavy atom. The molecule has 0 unspecified atom stereocenters. The van der Waals surface area contributed by atoms with Gasteiger partial charge in [0.2, 0.25) is 5.95 Å². The lowest BCUT2D eigenvalue weighted by Gasteiger charge is -2.16. The molecule has 2 heterocycles. The van der Waals surface area contributed by atoms with Gasteiger partial charge in [0.05, 0.1) is 16.8 Å². The topological polar surface area (TPSA) is 62.8 Å². The largest absolute Gasteiger partial charge is 0.427 e. The summed E-state index contributed by atoms with van der Waals surface area (Å²) in [5.41, 5.74) is 0.650. The van der Waals surface area contributed by atoms with E-state index in [2.05, 4.69) is 24.4 Å². The predicted molar refractivity (Wildman–Crippen MR) is 95.7 cm³/mol. The van der Waals surface area contributed by atoms with E-state index in [0.29, 0.717) is 10.4 Å². The number of alkyl halides is 5. The number of halogens is 5. The number of hydrogen-bond donors (Lipinski definition) is 2. The Bertz CT molecular complexity index is 966. The molecule has 5 nitrogen and oxygen atoms in total. The quantitative estimate of drug-likeness (QED) is 0.373. The van der Waals surface area contributed by atoms with Gasteiger partial charge in [0.25, 0.3) is 6.43 Å². The number of ether oxygens (including phenoxy) is 1. The highest BCUT2D eigenvalue weighted by atomic mass is 32.2. The van der Waals surface area contributed by atoms with Crippen LogP contribution in [0.1, 0.15) is 24.6 Å². The Hall–Kier alpha value is -2.56. The summed E-state index contributed by atoms with van der Waals surface area (Å²) in [7, 11) is 0. The average molecular weight is 418 g/mol. The number of H-pyrrole nitrogens is 1. The number of hydrogen-bond acceptors (Lipinski definition) is 5. The van der Waals surface area contributed by atoms with Crippen molar-refractivity contribution in [3.8, 4) is 5.75 Å². The lowest BCUT2D eigenvalue weighted by Crippen LogP contribution is -2.27. The van der Waals surface area contributed by atoms with Crippen LogP contribution in [0.2, 0.25) is 0 Å². The van der Waals surface area contributed by atoms with Crippen LogP contribution < -0.4 is 9.46 Å². The zero-order chi connectivity index (χ0) is 20.3. The van der Waals surface area contributed by atoms with Crippen LogP contribution in [0.3, 0.4) is 0 Å². The molecule has 2 aromatic heterocycles. The number of aromatic amines is 1. The smallest absolute Gasteiger partial charge is 0.427 e. The predicted octanol–water partition coefficient (Wildman–Crippen LogP) is 5.52. The number of benzene rings is 1. The van der Waals surface area contributed by atoms with Crippen molar-refractivity contribution in [2.24, 2.45) is 0 Å². The molecule has 2 N–H and O–H groups in total. The molecule has 0 bridgehead atoms. The van der Waals surface area contributed by atoms with E-state index in [4.69, 9.17) is 0 Å². The van der Waals surface area contributed by atoms with Crippen molar-refractivity contribution >= 4 is 28.8 Å². The molecule has 0 radical (unpaired) electrons. The summed E-state index contributed by atoms with van der Waals surface area (Å²) in [6, 6.07) is 4.28. The van der Waals surface area contributed by atoms with Gasteiger partial charge in [-0.3, -0.25) is 4.72 Å². The summed E-state index contributed by atoms with van der Waals surface area (Å²) in [5.74, 6) is -0.163. The molecule has 0 aliphatic rings. The van der Waals surface area contributed by atoms with Gasteiger partial charge in [0.1, 0.15) is 0 Å². The first-order valence-corrected chi connectivity index (χ1v) is 8.95. The highest BCUT2D eigenvalue weighted by molar-refractivity contribution is 8.00. The molecular weight excluding hydrogens is 403 g/mol. The van der Waals surface area contributed by atoms with Gasteiger partial charge in [-0.15, -0.1) is 0 Å². The highest BCUT2D eigenvalue weighted by Gasteiger charge is 2.32. The van der Waals surface area contributed by atoms with Gasteiger partial charge >= 0.3 is 6.11 Å². The van der Waals surface area contributed by atoms with Crippen molar-refractivity contribution in [3.63, 3.8) is 0 Å². The molecule has 0 aliphatic carbocycles. The molecule has 3 rings (SSSR count). The zero-order valence-electron chi connectivity index (χ0n) is 14.5. The Morgan fingerprint density at radius 1 is 1.32 bits per heavy atom. The summed E-state index contributed by atoms with van der Waals surface area (Å²) in [6.45, 7) is -0.278. The van der Waals surface area contributed by atoms with E-state index in [0.717, 1.165) is 23.5 Å². The standard InChI is InChI=1S/C17H15F5N4OS/c1-2-11-13(27-17(21,22)8-18)6-24-16(25-11)26-28-14-7-23-12-5-9(15(19)20)3-4-10(12)14/h3-7,15,23H,2,8H2,1H3,(H,24,25,26). The van der Waals surface area contributed by atoms with E-state index in [9.17, 15) is 22.0 Å². The molecular formula is C17H15F5N4OS. The fourth-order valence-corrected chi connectivity index (χ4v) is 3.13. The maximum absolute atomic E-state index is 13.1. The van der Waals surface area contributed by atoms with Crippen LogP contribution in [0, 0.1) is 0 Å². The SMILES string of the molecule is CCc1nc(NSc2c[nH]c3cc(C(F)F)ccc23)ncc1OC(F)(F)CF. The first-order valence-electron chi connectivity index (χ1n) is 8.13. The van der Waals surface area contributed by atoms with E-state index in [1.54, 1.807) is 19.2 Å². The third-order valence-electron chi connectivity index (χ3n) is 3.75. The van der Waals surface area contributed by atoms with Crippen LogP contribution >= 0.6 is 11.9 Å². The summed E-state index contributed by atoms with van der Waals surface area (Å²) in [6.07, 6.45) is -3.56. The number of aromatic nitrogens is 3. The number of anilines is 1. The van der Waals surface area contributed by atoms with Crippen molar-refractivity contribution in [1.82, 2.24) is 15.0 Å². The van der Waals surface area contributed by atoms with Crippen molar-refractivity contribution in [2.45, 2.75) is 30.8 Å². The average Bonchev–Trinajstić information content (AvgIpc) is 3.09. The van der Waals surface area contributed by atoms with E-state index in [1.807, 2.05) is 0 Å². The first-order chi connectivity index (χ1) is 13.3. The van der Waals surface area contributed by atoms with Gasteiger partial charge in [-0.2, -0.15) is 8.78 Å². The third kappa shape index (κ3) is 4.46. The van der Waals surface area contributed by atoms with Crippen molar-refractivity contribution in [2.75, 3.05) is 11.4 Å². The number of nitrogens with zero attached hydrogens (tertiary/aromatic N) is 2. The Kier molecular flexibility index (Phi) is 5.92. The van der Waals surface area contributed by atoms with Gasteiger partial charge in [0, 0.05) is 22.7 Å². The van der Waals surface area contributed by atoms with Crippen molar-refractivity contribution < 1.29 is 26.7 Å². The minimum Gasteiger partial charge on any atom is -0.427 e. The Balaban J connectivity index is 1.75. The van der Waals surface area contributed by atoms with E-state index < -0.39 is 19.2 Å². The third-order valence-corrected chi connectivity index (χ3v) is 4.59. The fraction of sp³-hybridized carbons (Fsp3) is 0.294. The van der Waals surface area contributed by atoms with Gasteiger partial charge in [-0.25, -0.2) is 23.1 Å². The van der Waals surface area contributed by atoms with Crippen molar-refractivity contribution in [3.05, 3.63) is 41.9 Å². The van der Waals surface area contributed by atoms with Crippen LogP contribution in [0.15, 0.2) is 35.5 Å². The lowest BCUT2D eigenvalue weighted by atomic mass is 10.2. The maximum atomic E-state index is 13.1. The second-order valence-corrected chi connectivity index (χ2v) is 6.54. The summed E-state index contributed by atoms with van der Waals surface area (Å²) in [4.78, 5) is 11.6. The summed E-state index contributed by atoms with van der Waals surface area (Å²) >= 11 is 1.12. The van der Waals surface area contributed by atoms with Crippen LogP contribution in [0.25, 0.3) is 10.9 Å². The van der Waals surface area contributed by atoms with Crippen molar-refractivity contribution in [1.29, 1.82) is 0 Å². The summed E-state index contributed by atoms with van der Waals surface area (Å²) < 4.78 is 71.2. The van der Waals surface area contributed by atoms with E-state index in [-0.39, 0.29) is 29.4 Å². The number of nitrogens with one attached hydrogen (secondary N) is 2. The molecule has 28 heavy (non-hydrogen) atoms. The fourth-order valence-electron chi connectivity index (χ4n) is 2.42. The van der Waals surface area contributed by atoms with Crippen LogP contribution in [-0.4, -0.2) is 27.7 Å². The molecule has 0 atom stereocenters. The van der Waals surface area contributed by atoms with E-state index >= 15 is 0 Å². The van der Waals surface area contributed by atoms with Crippen LogP contribution in [0.4, 0.5) is 27.9 Å². The Labute approximate surface area is 160 Å². The van der Waals surface area contributed by atoms with E-state index in [1.165, 1.54) is 12.1 Å². The van der Waals surface area contributed by atoms with Gasteiger partial charge in [0.15, 0.2) is 12.4 Å². The second-order valence-electron chi connectivity index (χ2n) is 5.69. The molecule has 3 aromatic rings. The number of aryl methyl sites for hydroxylation is 1. The molecule has 0 aliphatic heterocycles. The van der Waals surface area contributed by atoms with Gasteiger partial charge in [-0.05, 0) is 24.4 Å². The van der Waals surface area contributed by atoms with Crippen LogP contribution in [0.5, 0.6) is 5.75 Å². The zero-order valence-corrected chi connectivity index (χ0v) is 15.3. The Morgan fingerprint density at radius 3 is 2.79 bits per heavy atom. The molecule has 0 spiro atoms. The van der Waals surface area contributed by atoms with Gasteiger partial charge < -0.3 is 9.72 Å². The normalized spacial score (nSPS) is 12.0. The first kappa shape index (κ1) is 20.2. The molecule has 11 heteroatoms.